The van der Waals surface area contributed by atoms with Gasteiger partial charge in [-0.2, -0.15) is 4.98 Å². The highest BCUT2D eigenvalue weighted by molar-refractivity contribution is 5.92. The fraction of sp³-hybridized carbons (Fsp3) is 0.476. The molecule has 0 aliphatic heterocycles. The van der Waals surface area contributed by atoms with E-state index in [-0.39, 0.29) is 5.91 Å². The standard InChI is InChI=1S/C21H24N6O2/c1-26(16-5-3-2-4-6-16)21(28)17-12-27(13-23-17)18-10-9-15(11-22-18)20-24-19(25-29-20)14-7-8-14/h9-14,16H,2-8H2,1H3. The lowest BCUT2D eigenvalue weighted by atomic mass is 9.94. The van der Waals surface area contributed by atoms with Crippen molar-refractivity contribution in [3.05, 3.63) is 42.4 Å². The van der Waals surface area contributed by atoms with Crippen LogP contribution in [-0.4, -0.2) is 48.6 Å². The third kappa shape index (κ3) is 3.66. The van der Waals surface area contributed by atoms with E-state index < -0.39 is 0 Å². The number of carbonyl (C=O) groups excluding carboxylic acids is 1. The average molecular weight is 392 g/mol. The quantitative estimate of drug-likeness (QED) is 0.659. The van der Waals surface area contributed by atoms with Crippen LogP contribution in [0.5, 0.6) is 0 Å². The second kappa shape index (κ2) is 7.42. The highest BCUT2D eigenvalue weighted by atomic mass is 16.5. The maximum absolute atomic E-state index is 12.8. The number of carbonyl (C=O) groups is 1. The molecule has 3 aromatic rings. The monoisotopic (exact) mass is 392 g/mol. The van der Waals surface area contributed by atoms with Crippen molar-refractivity contribution in [3.63, 3.8) is 0 Å². The van der Waals surface area contributed by atoms with Crippen LogP contribution in [0, 0.1) is 0 Å². The molecule has 1 amide bonds. The normalized spacial score (nSPS) is 17.4. The van der Waals surface area contributed by atoms with E-state index >= 15 is 0 Å². The molecule has 0 N–H and O–H groups in total. The first kappa shape index (κ1) is 18.0. The molecule has 5 rings (SSSR count). The Morgan fingerprint density at radius 1 is 1.14 bits per heavy atom. The van der Waals surface area contributed by atoms with Crippen LogP contribution >= 0.6 is 0 Å². The first-order chi connectivity index (χ1) is 14.2. The van der Waals surface area contributed by atoms with Gasteiger partial charge in [-0.15, -0.1) is 0 Å². The molecule has 0 bridgehead atoms. The lowest BCUT2D eigenvalue weighted by Gasteiger charge is -2.30. The van der Waals surface area contributed by atoms with Gasteiger partial charge in [0, 0.05) is 31.4 Å². The summed E-state index contributed by atoms with van der Waals surface area (Å²) in [5.41, 5.74) is 1.22. The summed E-state index contributed by atoms with van der Waals surface area (Å²) in [6, 6.07) is 4.06. The topological polar surface area (TPSA) is 89.9 Å². The van der Waals surface area contributed by atoms with Gasteiger partial charge in [0.25, 0.3) is 11.8 Å². The molecule has 150 valence electrons. The largest absolute Gasteiger partial charge is 0.337 e. The Kier molecular flexibility index (Phi) is 4.61. The van der Waals surface area contributed by atoms with Crippen LogP contribution in [-0.2, 0) is 0 Å². The molecule has 3 heterocycles. The van der Waals surface area contributed by atoms with Crippen LogP contribution in [0.15, 0.2) is 35.4 Å². The number of imidazole rings is 1. The van der Waals surface area contributed by atoms with Gasteiger partial charge >= 0.3 is 0 Å². The molecule has 2 aliphatic carbocycles. The number of nitrogens with zero attached hydrogens (tertiary/aromatic N) is 6. The summed E-state index contributed by atoms with van der Waals surface area (Å²) < 4.78 is 7.11. The van der Waals surface area contributed by atoms with E-state index in [0.717, 1.165) is 37.1 Å². The van der Waals surface area contributed by atoms with Crippen LogP contribution in [0.3, 0.4) is 0 Å². The lowest BCUT2D eigenvalue weighted by molar-refractivity contribution is 0.0691. The molecule has 0 radical (unpaired) electrons. The molecule has 3 aromatic heterocycles. The number of hydrogen-bond donors (Lipinski definition) is 0. The van der Waals surface area contributed by atoms with E-state index in [1.54, 1.807) is 23.3 Å². The van der Waals surface area contributed by atoms with E-state index in [1.165, 1.54) is 19.3 Å². The van der Waals surface area contributed by atoms with E-state index in [9.17, 15) is 4.79 Å². The Morgan fingerprint density at radius 2 is 1.97 bits per heavy atom. The van der Waals surface area contributed by atoms with E-state index in [2.05, 4.69) is 20.1 Å². The van der Waals surface area contributed by atoms with Gasteiger partial charge in [-0.05, 0) is 37.8 Å². The molecule has 0 spiro atoms. The van der Waals surface area contributed by atoms with Crippen molar-refractivity contribution in [3.8, 4) is 17.3 Å². The predicted molar refractivity (Wildman–Crippen MR) is 106 cm³/mol. The summed E-state index contributed by atoms with van der Waals surface area (Å²) in [5, 5.41) is 4.04. The fourth-order valence-electron chi connectivity index (χ4n) is 3.90. The average Bonchev–Trinajstić information content (AvgIpc) is 3.30. The minimum atomic E-state index is -0.0364. The molecule has 8 heteroatoms. The van der Waals surface area contributed by atoms with Crippen LogP contribution in [0.25, 0.3) is 17.3 Å². The zero-order valence-electron chi connectivity index (χ0n) is 16.5. The summed E-state index contributed by atoms with van der Waals surface area (Å²) in [6.45, 7) is 0. The summed E-state index contributed by atoms with van der Waals surface area (Å²) in [7, 11) is 1.88. The Labute approximate surface area is 169 Å². The van der Waals surface area contributed by atoms with Crippen molar-refractivity contribution in [2.75, 3.05) is 7.05 Å². The van der Waals surface area contributed by atoms with E-state index in [1.807, 2.05) is 24.1 Å². The summed E-state index contributed by atoms with van der Waals surface area (Å²) in [6.07, 6.45) is 13.1. The van der Waals surface area contributed by atoms with Gasteiger partial charge in [0.2, 0.25) is 0 Å². The van der Waals surface area contributed by atoms with E-state index in [0.29, 0.717) is 29.4 Å². The van der Waals surface area contributed by atoms with Crippen LogP contribution < -0.4 is 0 Å². The van der Waals surface area contributed by atoms with Gasteiger partial charge in [-0.1, -0.05) is 24.4 Å². The molecule has 0 unspecified atom stereocenters. The molecule has 2 saturated carbocycles. The summed E-state index contributed by atoms with van der Waals surface area (Å²) in [5.74, 6) is 2.37. The van der Waals surface area contributed by atoms with Crippen LogP contribution in [0.1, 0.15) is 67.2 Å². The zero-order valence-corrected chi connectivity index (χ0v) is 16.5. The maximum atomic E-state index is 12.8. The lowest BCUT2D eigenvalue weighted by Crippen LogP contribution is -2.38. The number of pyridine rings is 1. The third-order valence-corrected chi connectivity index (χ3v) is 5.89. The Balaban J connectivity index is 1.30. The molecule has 0 atom stereocenters. The first-order valence-corrected chi connectivity index (χ1v) is 10.3. The SMILES string of the molecule is CN(C(=O)c1cn(-c2ccc(-c3nc(C4CC4)no3)cn2)cn1)C1CCCCC1. The molecular formula is C21H24N6O2. The van der Waals surface area contributed by atoms with Crippen molar-refractivity contribution in [1.29, 1.82) is 0 Å². The maximum Gasteiger partial charge on any atom is 0.274 e. The highest BCUT2D eigenvalue weighted by Crippen LogP contribution is 2.38. The van der Waals surface area contributed by atoms with Gasteiger partial charge < -0.3 is 9.42 Å². The van der Waals surface area contributed by atoms with Gasteiger partial charge in [0.15, 0.2) is 5.82 Å². The van der Waals surface area contributed by atoms with Crippen LogP contribution in [0.4, 0.5) is 0 Å². The fourth-order valence-corrected chi connectivity index (χ4v) is 3.90. The Bertz CT molecular complexity index is 998. The van der Waals surface area contributed by atoms with Gasteiger partial charge in [0.05, 0.1) is 5.56 Å². The number of hydrogen-bond acceptors (Lipinski definition) is 6. The third-order valence-electron chi connectivity index (χ3n) is 5.89. The molecule has 2 aliphatic rings. The number of rotatable bonds is 5. The summed E-state index contributed by atoms with van der Waals surface area (Å²) >= 11 is 0. The number of amides is 1. The number of aromatic nitrogens is 5. The van der Waals surface area contributed by atoms with E-state index in [4.69, 9.17) is 4.52 Å². The van der Waals surface area contributed by atoms with Crippen LogP contribution in [0.2, 0.25) is 0 Å². The molecule has 8 nitrogen and oxygen atoms in total. The van der Waals surface area contributed by atoms with Crippen molar-refractivity contribution in [2.24, 2.45) is 0 Å². The minimum Gasteiger partial charge on any atom is -0.337 e. The molecular weight excluding hydrogens is 368 g/mol. The highest BCUT2D eigenvalue weighted by Gasteiger charge is 2.29. The molecule has 0 saturated heterocycles. The van der Waals surface area contributed by atoms with Crippen molar-refractivity contribution < 1.29 is 9.32 Å². The van der Waals surface area contributed by atoms with Gasteiger partial charge in [-0.3, -0.25) is 9.36 Å². The molecule has 29 heavy (non-hydrogen) atoms. The van der Waals surface area contributed by atoms with Crippen molar-refractivity contribution in [2.45, 2.75) is 56.9 Å². The summed E-state index contributed by atoms with van der Waals surface area (Å²) in [4.78, 5) is 27.9. The minimum absolute atomic E-state index is 0.0364. The molecule has 0 aromatic carbocycles. The van der Waals surface area contributed by atoms with Crippen molar-refractivity contribution in [1.82, 2.24) is 29.6 Å². The second-order valence-electron chi connectivity index (χ2n) is 8.01. The Morgan fingerprint density at radius 3 is 2.69 bits per heavy atom. The predicted octanol–water partition coefficient (Wildman–Crippen LogP) is 3.60. The molecule has 2 fully saturated rings. The first-order valence-electron chi connectivity index (χ1n) is 10.3. The Hall–Kier alpha value is -3.03. The van der Waals surface area contributed by atoms with Gasteiger partial charge in [-0.25, -0.2) is 9.97 Å². The van der Waals surface area contributed by atoms with Crippen molar-refractivity contribution >= 4 is 5.91 Å². The van der Waals surface area contributed by atoms with Gasteiger partial charge in [0.1, 0.15) is 17.8 Å². The smallest absolute Gasteiger partial charge is 0.274 e. The second-order valence-corrected chi connectivity index (χ2v) is 8.01. The zero-order chi connectivity index (χ0) is 19.8.